The molecule has 8 atom stereocenters. The average molecular weight is 323 g/mol. The summed E-state index contributed by atoms with van der Waals surface area (Å²) in [4.78, 5) is 0. The van der Waals surface area contributed by atoms with Gasteiger partial charge in [-0.15, -0.1) is 0 Å². The van der Waals surface area contributed by atoms with E-state index in [2.05, 4.69) is 38.6 Å². The van der Waals surface area contributed by atoms with Crippen LogP contribution in [0, 0.1) is 28.6 Å². The van der Waals surface area contributed by atoms with E-state index < -0.39 is 0 Å². The van der Waals surface area contributed by atoms with Gasteiger partial charge in [0, 0.05) is 16.6 Å². The second kappa shape index (κ2) is 5.00. The minimum atomic E-state index is -0.305. The van der Waals surface area contributed by atoms with E-state index in [0.29, 0.717) is 22.5 Å². The molecule has 2 saturated carbocycles. The summed E-state index contributed by atoms with van der Waals surface area (Å²) in [6, 6.07) is 0. The second-order valence-electron chi connectivity index (χ2n) is 8.90. The van der Waals surface area contributed by atoms with Crippen LogP contribution in [0.25, 0.3) is 0 Å². The van der Waals surface area contributed by atoms with Crippen molar-refractivity contribution in [3.8, 4) is 0 Å². The summed E-state index contributed by atoms with van der Waals surface area (Å²) < 4.78 is 0. The minimum Gasteiger partial charge on any atom is -0.393 e. The van der Waals surface area contributed by atoms with Crippen LogP contribution in [0.2, 0.25) is 0 Å². The van der Waals surface area contributed by atoms with E-state index >= 15 is 0 Å². The van der Waals surface area contributed by atoms with Crippen LogP contribution in [-0.4, -0.2) is 33.4 Å². The number of fused-ring (bicyclic) bond motifs is 5. The van der Waals surface area contributed by atoms with Crippen molar-refractivity contribution in [3.63, 3.8) is 0 Å². The lowest BCUT2D eigenvalue weighted by Gasteiger charge is -2.58. The van der Waals surface area contributed by atoms with Gasteiger partial charge in [-0.1, -0.05) is 32.4 Å². The first-order valence-electron chi connectivity index (χ1n) is 9.05. The monoisotopic (exact) mass is 322 g/mol. The number of rotatable bonds is 0. The molecule has 0 radical (unpaired) electrons. The van der Waals surface area contributed by atoms with Gasteiger partial charge >= 0.3 is 0 Å². The van der Waals surface area contributed by atoms with Gasteiger partial charge in [0.05, 0.1) is 12.2 Å². The first kappa shape index (κ1) is 15.5. The van der Waals surface area contributed by atoms with Gasteiger partial charge in [0.25, 0.3) is 0 Å². The fourth-order valence-electron chi connectivity index (χ4n) is 6.07. The molecule has 4 rings (SSSR count). The zero-order valence-electron chi connectivity index (χ0n) is 14.1. The Labute approximate surface area is 138 Å². The average Bonchev–Trinajstić information content (AvgIpc) is 2.77. The van der Waals surface area contributed by atoms with Crippen LogP contribution in [0.15, 0.2) is 11.6 Å². The van der Waals surface area contributed by atoms with Crippen molar-refractivity contribution < 1.29 is 10.2 Å². The highest BCUT2D eigenvalue weighted by Crippen LogP contribution is 2.65. The van der Waals surface area contributed by atoms with Gasteiger partial charge in [-0.2, -0.15) is 11.8 Å². The normalized spacial score (nSPS) is 57.6. The molecule has 22 heavy (non-hydrogen) atoms. The fraction of sp³-hybridized carbons (Fsp3) is 0.895. The van der Waals surface area contributed by atoms with Crippen LogP contribution >= 0.6 is 11.8 Å². The lowest BCUT2D eigenvalue weighted by Crippen LogP contribution is -2.56. The molecular weight excluding hydrogens is 292 g/mol. The van der Waals surface area contributed by atoms with Gasteiger partial charge in [-0.3, -0.25) is 0 Å². The zero-order valence-corrected chi connectivity index (χ0v) is 14.9. The molecule has 2 N–H and O–H groups in total. The molecule has 0 amide bonds. The first-order chi connectivity index (χ1) is 10.4. The molecule has 0 aromatic heterocycles. The van der Waals surface area contributed by atoms with Gasteiger partial charge in [0.1, 0.15) is 0 Å². The zero-order chi connectivity index (χ0) is 15.7. The van der Waals surface area contributed by atoms with Gasteiger partial charge in [0.2, 0.25) is 0 Å². The first-order valence-corrected chi connectivity index (χ1v) is 10.1. The molecule has 3 heteroatoms. The van der Waals surface area contributed by atoms with Crippen LogP contribution < -0.4 is 0 Å². The third-order valence-electron chi connectivity index (χ3n) is 7.85. The van der Waals surface area contributed by atoms with E-state index in [-0.39, 0.29) is 17.6 Å². The van der Waals surface area contributed by atoms with Crippen LogP contribution in [0.3, 0.4) is 0 Å². The maximum atomic E-state index is 10.9. The standard InChI is InChI=1S/C19H30O2S/c1-11-4-5-14-16-15(21)9-12-8-13(20)6-7-18(12,2)17(16)22-10-19(11,14)3/h9,11,13-17,20-21H,4-8,10H2,1-3H3/t11-,13-,14?,15?,16?,17?,18-,19+/m0/s1. The second-order valence-corrected chi connectivity index (χ2v) is 10.0. The van der Waals surface area contributed by atoms with Crippen LogP contribution in [0.5, 0.6) is 0 Å². The van der Waals surface area contributed by atoms with Crippen molar-refractivity contribution in [2.24, 2.45) is 28.6 Å². The Morgan fingerprint density at radius 1 is 1.18 bits per heavy atom. The topological polar surface area (TPSA) is 40.5 Å². The number of thioether (sulfide) groups is 1. The van der Waals surface area contributed by atoms with E-state index in [9.17, 15) is 10.2 Å². The summed E-state index contributed by atoms with van der Waals surface area (Å²) in [7, 11) is 0. The van der Waals surface area contributed by atoms with E-state index in [1.165, 1.54) is 24.2 Å². The third-order valence-corrected chi connectivity index (χ3v) is 9.83. The van der Waals surface area contributed by atoms with E-state index in [1.807, 2.05) is 0 Å². The number of hydrogen-bond donors (Lipinski definition) is 2. The lowest BCUT2D eigenvalue weighted by molar-refractivity contribution is 0.00199. The molecule has 1 aliphatic heterocycles. The molecule has 4 unspecified atom stereocenters. The van der Waals surface area contributed by atoms with Crippen molar-refractivity contribution in [2.75, 3.05) is 5.75 Å². The Bertz CT molecular complexity index is 504. The van der Waals surface area contributed by atoms with Crippen LogP contribution in [0.4, 0.5) is 0 Å². The molecule has 3 fully saturated rings. The molecule has 1 heterocycles. The third kappa shape index (κ3) is 1.94. The van der Waals surface area contributed by atoms with Crippen molar-refractivity contribution in [1.82, 2.24) is 0 Å². The predicted octanol–water partition coefficient (Wildman–Crippen LogP) is 3.62. The quantitative estimate of drug-likeness (QED) is 0.669. The molecule has 1 saturated heterocycles. The number of hydrogen-bond acceptors (Lipinski definition) is 3. The largest absolute Gasteiger partial charge is 0.393 e. The molecule has 0 spiro atoms. The van der Waals surface area contributed by atoms with Gasteiger partial charge in [-0.05, 0) is 55.1 Å². The molecule has 124 valence electrons. The van der Waals surface area contributed by atoms with Crippen molar-refractivity contribution in [3.05, 3.63) is 11.6 Å². The Kier molecular flexibility index (Phi) is 3.53. The molecular formula is C19H30O2S. The summed E-state index contributed by atoms with van der Waals surface area (Å²) in [6.45, 7) is 7.29. The maximum absolute atomic E-state index is 10.9. The Balaban J connectivity index is 1.73. The summed E-state index contributed by atoms with van der Waals surface area (Å²) in [6.07, 6.45) is 7.02. The molecule has 2 nitrogen and oxygen atoms in total. The van der Waals surface area contributed by atoms with Crippen LogP contribution in [-0.2, 0) is 0 Å². The highest BCUT2D eigenvalue weighted by atomic mass is 32.2. The Morgan fingerprint density at radius 2 is 1.95 bits per heavy atom. The molecule has 0 aromatic carbocycles. The van der Waals surface area contributed by atoms with Gasteiger partial charge < -0.3 is 10.2 Å². The molecule has 4 aliphatic rings. The number of aliphatic hydroxyl groups excluding tert-OH is 2. The summed E-state index contributed by atoms with van der Waals surface area (Å²) in [5.41, 5.74) is 1.94. The van der Waals surface area contributed by atoms with E-state index in [1.54, 1.807) is 0 Å². The predicted molar refractivity (Wildman–Crippen MR) is 91.8 cm³/mol. The van der Waals surface area contributed by atoms with E-state index in [4.69, 9.17) is 0 Å². The maximum Gasteiger partial charge on any atom is 0.0765 e. The van der Waals surface area contributed by atoms with Gasteiger partial charge in [-0.25, -0.2) is 0 Å². The Hall–Kier alpha value is 0.01000. The van der Waals surface area contributed by atoms with Gasteiger partial charge in [0.15, 0.2) is 0 Å². The van der Waals surface area contributed by atoms with Crippen molar-refractivity contribution in [1.29, 1.82) is 0 Å². The summed E-state index contributed by atoms with van der Waals surface area (Å²) >= 11 is 2.13. The molecule has 3 aliphatic carbocycles. The Morgan fingerprint density at radius 3 is 2.73 bits per heavy atom. The SMILES string of the molecule is C[C@H]1CCC2C3C(O)C=C4C[C@@H](O)CC[C@]4(C)C3SC[C@@]21C. The minimum absolute atomic E-state index is 0.195. The summed E-state index contributed by atoms with van der Waals surface area (Å²) in [5, 5.41) is 21.5. The summed E-state index contributed by atoms with van der Waals surface area (Å²) in [5.74, 6) is 3.12. The number of aliphatic hydroxyl groups is 2. The van der Waals surface area contributed by atoms with E-state index in [0.717, 1.165) is 25.2 Å². The fourth-order valence-corrected chi connectivity index (χ4v) is 8.32. The highest BCUT2D eigenvalue weighted by Gasteiger charge is 2.60. The smallest absolute Gasteiger partial charge is 0.0765 e. The molecule has 0 aromatic rings. The lowest BCUT2D eigenvalue weighted by atomic mass is 9.56. The van der Waals surface area contributed by atoms with Crippen LogP contribution in [0.1, 0.15) is 52.9 Å². The van der Waals surface area contributed by atoms with Crippen molar-refractivity contribution >= 4 is 11.8 Å². The highest BCUT2D eigenvalue weighted by molar-refractivity contribution is 8.00. The van der Waals surface area contributed by atoms with Crippen molar-refractivity contribution in [2.45, 2.75) is 70.3 Å². The molecule has 0 bridgehead atoms.